The Hall–Kier alpha value is -1.02. The Morgan fingerprint density at radius 1 is 1.29 bits per heavy atom. The highest BCUT2D eigenvalue weighted by Gasteiger charge is 2.39. The lowest BCUT2D eigenvalue weighted by atomic mass is 10.2. The van der Waals surface area contributed by atoms with E-state index in [1.807, 2.05) is 0 Å². The zero-order valence-electron chi connectivity index (χ0n) is 8.96. The molecule has 0 aromatic heterocycles. The van der Waals surface area contributed by atoms with Gasteiger partial charge in [-0.25, -0.2) is 0 Å². The van der Waals surface area contributed by atoms with Crippen molar-refractivity contribution in [1.82, 2.24) is 0 Å². The molecule has 0 aliphatic heterocycles. The molecule has 0 unspecified atom stereocenters. The predicted molar refractivity (Wildman–Crippen MR) is 60.6 cm³/mol. The molecule has 0 radical (unpaired) electrons. The number of hydrogen-bond donors (Lipinski definition) is 1. The second-order valence-corrected chi connectivity index (χ2v) is 4.55. The lowest BCUT2D eigenvalue weighted by Crippen LogP contribution is -2.37. The Morgan fingerprint density at radius 3 is 2.36 bits per heavy atom. The van der Waals surface area contributed by atoms with E-state index in [-0.39, 0.29) is 5.54 Å². The lowest BCUT2D eigenvalue weighted by Gasteiger charge is -2.23. The number of rotatable bonds is 3. The molecule has 0 saturated heterocycles. The van der Waals surface area contributed by atoms with E-state index in [0.29, 0.717) is 0 Å². The molecule has 1 saturated carbocycles. The molecule has 1 aliphatic rings. The number of likely N-dealkylation sites (N-methyl/N-ethyl adjacent to an activating group) is 1. The predicted octanol–water partition coefficient (Wildman–Crippen LogP) is 1.92. The van der Waals surface area contributed by atoms with E-state index in [1.54, 1.807) is 0 Å². The third kappa shape index (κ3) is 2.07. The van der Waals surface area contributed by atoms with Crippen LogP contribution in [0.25, 0.3) is 0 Å². The number of aryl methyl sites for hydroxylation is 1. The summed E-state index contributed by atoms with van der Waals surface area (Å²) in [6.07, 6.45) is 2.34. The van der Waals surface area contributed by atoms with Crippen molar-refractivity contribution in [3.05, 3.63) is 29.8 Å². The monoisotopic (exact) mass is 190 g/mol. The molecule has 2 heteroatoms. The van der Waals surface area contributed by atoms with Crippen LogP contribution < -0.4 is 10.6 Å². The largest absolute Gasteiger partial charge is 0.373 e. The molecule has 0 spiro atoms. The van der Waals surface area contributed by atoms with E-state index >= 15 is 0 Å². The third-order valence-electron chi connectivity index (χ3n) is 2.92. The van der Waals surface area contributed by atoms with Crippen molar-refractivity contribution >= 4 is 5.69 Å². The van der Waals surface area contributed by atoms with Crippen LogP contribution in [0.15, 0.2) is 24.3 Å². The fourth-order valence-electron chi connectivity index (χ4n) is 1.68. The van der Waals surface area contributed by atoms with E-state index < -0.39 is 0 Å². The van der Waals surface area contributed by atoms with Gasteiger partial charge < -0.3 is 10.6 Å². The van der Waals surface area contributed by atoms with Crippen molar-refractivity contribution in [3.63, 3.8) is 0 Å². The Kier molecular flexibility index (Phi) is 2.23. The molecule has 1 fully saturated rings. The van der Waals surface area contributed by atoms with Crippen LogP contribution in [-0.2, 0) is 0 Å². The van der Waals surface area contributed by atoms with Crippen molar-refractivity contribution in [2.75, 3.05) is 18.5 Å². The number of anilines is 1. The summed E-state index contributed by atoms with van der Waals surface area (Å²) < 4.78 is 0. The summed E-state index contributed by atoms with van der Waals surface area (Å²) in [6, 6.07) is 8.59. The third-order valence-corrected chi connectivity index (χ3v) is 2.92. The highest BCUT2D eigenvalue weighted by molar-refractivity contribution is 5.47. The topological polar surface area (TPSA) is 29.3 Å². The smallest absolute Gasteiger partial charge is 0.0364 e. The quantitative estimate of drug-likeness (QED) is 0.789. The molecule has 1 aromatic rings. The van der Waals surface area contributed by atoms with Crippen LogP contribution in [0.1, 0.15) is 18.4 Å². The molecule has 14 heavy (non-hydrogen) atoms. The highest BCUT2D eigenvalue weighted by Crippen LogP contribution is 2.33. The number of hydrogen-bond acceptors (Lipinski definition) is 2. The average Bonchev–Trinajstić information content (AvgIpc) is 2.84. The van der Waals surface area contributed by atoms with Crippen LogP contribution in [-0.4, -0.2) is 19.1 Å². The van der Waals surface area contributed by atoms with Crippen LogP contribution in [0.5, 0.6) is 0 Å². The number of nitrogens with two attached hydrogens (primary N) is 1. The van der Waals surface area contributed by atoms with Crippen LogP contribution in [0.4, 0.5) is 5.69 Å². The molecule has 0 atom stereocenters. The van der Waals surface area contributed by atoms with Gasteiger partial charge in [-0.05, 0) is 31.9 Å². The van der Waals surface area contributed by atoms with Gasteiger partial charge >= 0.3 is 0 Å². The molecule has 2 rings (SSSR count). The molecule has 0 bridgehead atoms. The van der Waals surface area contributed by atoms with Crippen molar-refractivity contribution in [2.24, 2.45) is 5.73 Å². The fraction of sp³-hybridized carbons (Fsp3) is 0.500. The van der Waals surface area contributed by atoms with Crippen LogP contribution in [0, 0.1) is 6.92 Å². The maximum absolute atomic E-state index is 6.07. The van der Waals surface area contributed by atoms with Gasteiger partial charge in [-0.2, -0.15) is 0 Å². The Morgan fingerprint density at radius 2 is 1.86 bits per heavy atom. The summed E-state index contributed by atoms with van der Waals surface area (Å²) in [4.78, 5) is 2.24. The minimum absolute atomic E-state index is 0.0969. The SMILES string of the molecule is Cc1ccc(N(C)CC2(N)CC2)cc1. The molecule has 1 aromatic carbocycles. The van der Waals surface area contributed by atoms with Crippen molar-refractivity contribution in [1.29, 1.82) is 0 Å². The van der Waals surface area contributed by atoms with Gasteiger partial charge in [-0.3, -0.25) is 0 Å². The van der Waals surface area contributed by atoms with Gasteiger partial charge in [0.15, 0.2) is 0 Å². The highest BCUT2D eigenvalue weighted by atomic mass is 15.1. The zero-order chi connectivity index (χ0) is 10.2. The molecule has 0 amide bonds. The van der Waals surface area contributed by atoms with E-state index in [0.717, 1.165) is 6.54 Å². The Balaban J connectivity index is 2.03. The van der Waals surface area contributed by atoms with Gasteiger partial charge in [0.05, 0.1) is 0 Å². The second kappa shape index (κ2) is 3.28. The normalized spacial score (nSPS) is 17.9. The minimum atomic E-state index is 0.0969. The van der Waals surface area contributed by atoms with Gasteiger partial charge in [0.2, 0.25) is 0 Å². The fourth-order valence-corrected chi connectivity index (χ4v) is 1.68. The van der Waals surface area contributed by atoms with E-state index in [9.17, 15) is 0 Å². The summed E-state index contributed by atoms with van der Waals surface area (Å²) in [5.74, 6) is 0. The van der Waals surface area contributed by atoms with Gasteiger partial charge in [-0.1, -0.05) is 17.7 Å². The maximum Gasteiger partial charge on any atom is 0.0364 e. The molecular weight excluding hydrogens is 172 g/mol. The summed E-state index contributed by atoms with van der Waals surface area (Å²) in [5.41, 5.74) is 8.73. The van der Waals surface area contributed by atoms with E-state index in [4.69, 9.17) is 5.73 Å². The van der Waals surface area contributed by atoms with E-state index in [1.165, 1.54) is 24.1 Å². The summed E-state index contributed by atoms with van der Waals surface area (Å²) in [7, 11) is 2.11. The lowest BCUT2D eigenvalue weighted by molar-refractivity contribution is 0.660. The van der Waals surface area contributed by atoms with Crippen LogP contribution in [0.2, 0.25) is 0 Å². The maximum atomic E-state index is 6.07. The Labute approximate surface area is 85.7 Å². The molecule has 0 heterocycles. The molecule has 1 aliphatic carbocycles. The minimum Gasteiger partial charge on any atom is -0.373 e. The zero-order valence-corrected chi connectivity index (χ0v) is 8.96. The van der Waals surface area contributed by atoms with E-state index in [2.05, 4.69) is 43.1 Å². The summed E-state index contributed by atoms with van der Waals surface area (Å²) in [5, 5.41) is 0. The summed E-state index contributed by atoms with van der Waals surface area (Å²) >= 11 is 0. The standard InChI is InChI=1S/C12H18N2/c1-10-3-5-11(6-4-10)14(2)9-12(13)7-8-12/h3-6H,7-9,13H2,1-2H3. The van der Waals surface area contributed by atoms with Gasteiger partial charge in [-0.15, -0.1) is 0 Å². The van der Waals surface area contributed by atoms with Gasteiger partial charge in [0, 0.05) is 24.8 Å². The number of nitrogens with zero attached hydrogens (tertiary/aromatic N) is 1. The first kappa shape index (κ1) is 9.53. The molecule has 2 nitrogen and oxygen atoms in total. The van der Waals surface area contributed by atoms with Crippen molar-refractivity contribution < 1.29 is 0 Å². The molecule has 2 N–H and O–H groups in total. The number of benzene rings is 1. The first-order valence-electron chi connectivity index (χ1n) is 5.16. The summed E-state index contributed by atoms with van der Waals surface area (Å²) in [6.45, 7) is 3.07. The van der Waals surface area contributed by atoms with Crippen molar-refractivity contribution in [3.8, 4) is 0 Å². The Bertz CT molecular complexity index is 312. The molecule has 76 valence electrons. The van der Waals surface area contributed by atoms with Gasteiger partial charge in [0.25, 0.3) is 0 Å². The first-order chi connectivity index (χ1) is 6.59. The van der Waals surface area contributed by atoms with Crippen molar-refractivity contribution in [2.45, 2.75) is 25.3 Å². The van der Waals surface area contributed by atoms with Crippen LogP contribution >= 0.6 is 0 Å². The van der Waals surface area contributed by atoms with Crippen LogP contribution in [0.3, 0.4) is 0 Å². The first-order valence-corrected chi connectivity index (χ1v) is 5.16. The molecular formula is C12H18N2. The second-order valence-electron chi connectivity index (χ2n) is 4.55. The average molecular weight is 190 g/mol. The van der Waals surface area contributed by atoms with Gasteiger partial charge in [0.1, 0.15) is 0 Å².